The Morgan fingerprint density at radius 1 is 0.660 bits per heavy atom. The van der Waals surface area contributed by atoms with Crippen molar-refractivity contribution < 1.29 is 19.1 Å². The Morgan fingerprint density at radius 2 is 1.23 bits per heavy atom. The average Bonchev–Trinajstić information content (AvgIpc) is 3.27. The summed E-state index contributed by atoms with van der Waals surface area (Å²) in [6, 6.07) is 7.25. The van der Waals surface area contributed by atoms with Crippen molar-refractivity contribution in [2.75, 3.05) is 0 Å². The van der Waals surface area contributed by atoms with E-state index in [1.807, 2.05) is 41.5 Å². The zero-order valence-electron chi connectivity index (χ0n) is 27.3. The zero-order chi connectivity index (χ0) is 31.6. The number of hydrogen-bond acceptors (Lipinski definition) is 4. The van der Waals surface area contributed by atoms with E-state index < -0.39 is 28.6 Å². The molecule has 8 aliphatic rings. The maximum atomic E-state index is 14.6. The first-order valence-electron chi connectivity index (χ1n) is 17.3. The third kappa shape index (κ3) is 2.29. The van der Waals surface area contributed by atoms with Gasteiger partial charge in [-0.3, -0.25) is 9.59 Å². The van der Waals surface area contributed by atoms with Crippen LogP contribution in [0.5, 0.6) is 0 Å². The monoisotopic (exact) mass is 612 g/mol. The minimum absolute atomic E-state index is 0.316. The van der Waals surface area contributed by atoms with Crippen molar-refractivity contribution >= 4 is 66.7 Å². The molecule has 0 spiro atoms. The first kappa shape index (κ1) is 24.7. The number of ether oxygens (including phenoxy) is 2. The highest BCUT2D eigenvalue weighted by Crippen LogP contribution is 2.79. The lowest BCUT2D eigenvalue weighted by Crippen LogP contribution is -2.40. The molecule has 0 radical (unpaired) electrons. The van der Waals surface area contributed by atoms with Crippen LogP contribution in [0.3, 0.4) is 0 Å². The lowest BCUT2D eigenvalue weighted by molar-refractivity contribution is -0.177. The number of allylic oxidation sites excluding steroid dienone is 3. The molecule has 4 nitrogen and oxygen atoms in total. The van der Waals surface area contributed by atoms with Gasteiger partial charge in [0.25, 0.3) is 0 Å². The van der Waals surface area contributed by atoms with Crippen molar-refractivity contribution in [3.05, 3.63) is 80.4 Å². The predicted octanol–water partition coefficient (Wildman–Crippen LogP) is 9.09. The van der Waals surface area contributed by atoms with E-state index >= 15 is 0 Å². The molecule has 47 heavy (non-hydrogen) atoms. The van der Waals surface area contributed by atoms with Crippen molar-refractivity contribution in [1.29, 1.82) is 0 Å². The van der Waals surface area contributed by atoms with Crippen LogP contribution in [0.4, 0.5) is 0 Å². The van der Waals surface area contributed by atoms with Crippen LogP contribution in [-0.2, 0) is 31.9 Å². The molecule has 0 N–H and O–H groups in total. The van der Waals surface area contributed by atoms with Crippen LogP contribution in [0.2, 0.25) is 0 Å². The van der Waals surface area contributed by atoms with E-state index in [4.69, 9.17) is 9.47 Å². The fourth-order valence-corrected chi connectivity index (χ4v) is 11.9. The van der Waals surface area contributed by atoms with Gasteiger partial charge in [-0.05, 0) is 164 Å². The Kier molecular flexibility index (Phi) is 3.48. The van der Waals surface area contributed by atoms with Crippen LogP contribution in [0.25, 0.3) is 65.9 Å². The van der Waals surface area contributed by atoms with Gasteiger partial charge in [0.15, 0.2) is 5.41 Å². The number of hydrogen-bond donors (Lipinski definition) is 0. The van der Waals surface area contributed by atoms with Gasteiger partial charge in [-0.25, -0.2) is 0 Å². The highest BCUT2D eigenvalue weighted by atomic mass is 16.6. The van der Waals surface area contributed by atoms with Gasteiger partial charge in [-0.15, -0.1) is 0 Å². The first-order chi connectivity index (χ1) is 22.4. The van der Waals surface area contributed by atoms with Gasteiger partial charge in [0.05, 0.1) is 0 Å². The fourth-order valence-electron chi connectivity index (χ4n) is 11.9. The molecule has 1 saturated carbocycles. The van der Waals surface area contributed by atoms with Crippen molar-refractivity contribution in [1.82, 2.24) is 0 Å². The second-order valence-electron chi connectivity index (χ2n) is 17.6. The summed E-state index contributed by atoms with van der Waals surface area (Å²) in [5.74, 6) is -0.755. The summed E-state index contributed by atoms with van der Waals surface area (Å²) in [4.78, 5) is 29.2. The van der Waals surface area contributed by atoms with Crippen molar-refractivity contribution in [2.24, 2.45) is 11.3 Å². The summed E-state index contributed by atoms with van der Waals surface area (Å²) >= 11 is 0. The number of esters is 2. The Bertz CT molecular complexity index is 2670. The Labute approximate surface area is 271 Å². The molecule has 4 heteroatoms. The lowest BCUT2D eigenvalue weighted by atomic mass is 9.71. The van der Waals surface area contributed by atoms with Crippen LogP contribution in [-0.4, -0.2) is 23.1 Å². The molecule has 0 heterocycles. The molecule has 0 bridgehead atoms. The molecule has 13 rings (SSSR count). The Balaban J connectivity index is 1.23. The van der Waals surface area contributed by atoms with E-state index in [-0.39, 0.29) is 11.8 Å². The first-order valence-corrected chi connectivity index (χ1v) is 17.3. The third-order valence-corrected chi connectivity index (χ3v) is 13.0. The van der Waals surface area contributed by atoms with Gasteiger partial charge in [-0.1, -0.05) is 36.4 Å². The fraction of sp³-hybridized carbons (Fsp3) is 0.349. The molecular weight excluding hydrogens is 580 g/mol. The second kappa shape index (κ2) is 6.63. The molecule has 5 aromatic rings. The van der Waals surface area contributed by atoms with E-state index in [9.17, 15) is 9.59 Å². The summed E-state index contributed by atoms with van der Waals surface area (Å²) < 4.78 is 12.4. The van der Waals surface area contributed by atoms with Crippen LogP contribution >= 0.6 is 0 Å². The zero-order valence-corrected chi connectivity index (χ0v) is 27.3. The largest absolute Gasteiger partial charge is 0.459 e. The predicted molar refractivity (Wildman–Crippen MR) is 184 cm³/mol. The van der Waals surface area contributed by atoms with Crippen molar-refractivity contribution in [3.63, 3.8) is 0 Å². The van der Waals surface area contributed by atoms with Crippen molar-refractivity contribution in [3.8, 4) is 11.1 Å². The second-order valence-corrected chi connectivity index (χ2v) is 17.6. The Morgan fingerprint density at radius 3 is 1.89 bits per heavy atom. The van der Waals surface area contributed by atoms with Gasteiger partial charge in [0.1, 0.15) is 11.2 Å². The molecule has 5 aromatic carbocycles. The van der Waals surface area contributed by atoms with E-state index in [0.29, 0.717) is 11.8 Å². The molecular formula is C43H32O4. The van der Waals surface area contributed by atoms with E-state index in [1.54, 1.807) is 11.1 Å². The number of carbonyl (C=O) groups is 2. The molecule has 228 valence electrons. The molecule has 1 fully saturated rings. The normalized spacial score (nSPS) is 25.4. The van der Waals surface area contributed by atoms with Crippen LogP contribution in [0, 0.1) is 11.3 Å². The van der Waals surface area contributed by atoms with E-state index in [1.165, 1.54) is 87.6 Å². The summed E-state index contributed by atoms with van der Waals surface area (Å²) in [6.07, 6.45) is 9.20. The minimum Gasteiger partial charge on any atom is -0.459 e. The van der Waals surface area contributed by atoms with Crippen LogP contribution < -0.4 is 0 Å². The molecule has 0 saturated heterocycles. The summed E-state index contributed by atoms with van der Waals surface area (Å²) in [7, 11) is 0. The average molecular weight is 613 g/mol. The molecule has 4 atom stereocenters. The van der Waals surface area contributed by atoms with Gasteiger partial charge >= 0.3 is 11.9 Å². The van der Waals surface area contributed by atoms with Gasteiger partial charge < -0.3 is 9.47 Å². The molecule has 4 unspecified atom stereocenters. The number of carbonyl (C=O) groups excluding carboxylic acids is 2. The molecule has 0 aromatic heterocycles. The van der Waals surface area contributed by atoms with E-state index in [2.05, 4.69) is 36.4 Å². The van der Waals surface area contributed by atoms with E-state index in [0.717, 1.165) is 24.0 Å². The van der Waals surface area contributed by atoms with Gasteiger partial charge in [0.2, 0.25) is 0 Å². The quantitative estimate of drug-likeness (QED) is 0.111. The summed E-state index contributed by atoms with van der Waals surface area (Å²) in [5, 5.41) is 11.6. The standard InChI is InChI=1S/C43H32O4/c1-41(2,3)46-39(44)43(40(45)47-42(4,5)6)37-21-13-19-11-17-9-15-7-8-16-10-18-12-20-14-22(38(37)43)30-29(21)33-27(19)25(17)31-23(15)24(16)32-26(18)28(20)34(30)36(33)35(31)32/h7-10,13-15,23,37-38H,11-12H2,1-6H3. The lowest BCUT2D eigenvalue weighted by Gasteiger charge is -2.31. The topological polar surface area (TPSA) is 52.6 Å². The number of rotatable bonds is 2. The molecule has 8 aliphatic carbocycles. The highest BCUT2D eigenvalue weighted by molar-refractivity contribution is 6.45. The highest BCUT2D eigenvalue weighted by Gasteiger charge is 2.80. The summed E-state index contributed by atoms with van der Waals surface area (Å²) in [6.45, 7) is 11.3. The van der Waals surface area contributed by atoms with Gasteiger partial charge in [0, 0.05) is 23.7 Å². The van der Waals surface area contributed by atoms with Crippen molar-refractivity contribution in [2.45, 2.75) is 83.3 Å². The van der Waals surface area contributed by atoms with Gasteiger partial charge in [-0.2, -0.15) is 0 Å². The maximum Gasteiger partial charge on any atom is 0.325 e. The molecule has 0 aliphatic heterocycles. The Hall–Kier alpha value is -4.44. The summed E-state index contributed by atoms with van der Waals surface area (Å²) in [5.41, 5.74) is 13.6. The SMILES string of the molecule is CC(C)(C)OC(=O)C1(C(=O)OC(C)(C)C)C2c3cc4c5c6c7c8c9c%10c(cc%11c9c9c(cc(c%12c9c8c5c3-%12)C21)C%11)C=CC(C=C6C4)C%107. The van der Waals surface area contributed by atoms with Crippen LogP contribution in [0.1, 0.15) is 109 Å². The number of benzene rings is 5. The third-order valence-electron chi connectivity index (χ3n) is 13.0. The minimum atomic E-state index is -1.42. The smallest absolute Gasteiger partial charge is 0.325 e. The number of fused-ring (bicyclic) bond motifs is 3. The maximum absolute atomic E-state index is 14.6. The molecule has 0 amide bonds. The van der Waals surface area contributed by atoms with Crippen LogP contribution in [0.15, 0.2) is 30.4 Å².